The van der Waals surface area contributed by atoms with Crippen LogP contribution >= 0.6 is 0 Å². The van der Waals surface area contributed by atoms with Crippen LogP contribution in [0.15, 0.2) is 0 Å². The average Bonchev–Trinajstić information content (AvgIpc) is 2.10. The Hall–Kier alpha value is -0.0900. The highest BCUT2D eigenvalue weighted by molar-refractivity contribution is 7.86. The van der Waals surface area contributed by atoms with Crippen LogP contribution in [0.3, 0.4) is 0 Å². The molecule has 0 amide bonds. The van der Waals surface area contributed by atoms with Gasteiger partial charge in [-0.3, -0.25) is 0 Å². The highest BCUT2D eigenvalue weighted by Gasteiger charge is 2.17. The topological polar surface area (TPSA) is 57.2 Å². The lowest BCUT2D eigenvalue weighted by Crippen LogP contribution is -2.19. The van der Waals surface area contributed by atoms with Gasteiger partial charge in [0, 0.05) is 5.25 Å². The van der Waals surface area contributed by atoms with Crippen molar-refractivity contribution in [3.05, 3.63) is 0 Å². The Balaban J connectivity index is 2.57. The van der Waals surface area contributed by atoms with Gasteiger partial charge in [0.05, 0.1) is 10.1 Å². The molecule has 0 bridgehead atoms. The number of rotatable bonds is 1. The van der Waals surface area contributed by atoms with Crippen LogP contribution in [0.1, 0.15) is 38.5 Å². The van der Waals surface area contributed by atoms with Crippen molar-refractivity contribution in [2.45, 2.75) is 43.8 Å². The standard InChI is InChI=1S/C7H14O3S/c8-11(9,10)7-5-3-1-2-4-6-7/h7H,1-6H2,(H,8,9,10)/p-1. The first-order chi connectivity index (χ1) is 5.11. The fourth-order valence-corrected chi connectivity index (χ4v) is 2.44. The molecule has 0 aromatic rings. The van der Waals surface area contributed by atoms with Crippen LogP contribution in [0, 0.1) is 0 Å². The maximum Gasteiger partial charge on any atom is 0.0975 e. The summed E-state index contributed by atoms with van der Waals surface area (Å²) in [5.41, 5.74) is 0. The van der Waals surface area contributed by atoms with Crippen molar-refractivity contribution in [3.63, 3.8) is 0 Å². The van der Waals surface area contributed by atoms with Crippen molar-refractivity contribution >= 4 is 10.1 Å². The molecule has 0 atom stereocenters. The molecule has 0 aromatic carbocycles. The van der Waals surface area contributed by atoms with Gasteiger partial charge in [-0.1, -0.05) is 25.7 Å². The Labute approximate surface area is 67.6 Å². The zero-order valence-corrected chi connectivity index (χ0v) is 7.27. The summed E-state index contributed by atoms with van der Waals surface area (Å²) in [6.07, 6.45) is 5.09. The molecule has 11 heavy (non-hydrogen) atoms. The lowest BCUT2D eigenvalue weighted by atomic mass is 10.2. The molecule has 1 saturated carbocycles. The average molecular weight is 177 g/mol. The minimum absolute atomic E-state index is 0.575. The van der Waals surface area contributed by atoms with E-state index in [0.29, 0.717) is 12.8 Å². The third kappa shape index (κ3) is 2.79. The fraction of sp³-hybridized carbons (Fsp3) is 1.00. The molecule has 0 spiro atoms. The van der Waals surface area contributed by atoms with Gasteiger partial charge >= 0.3 is 0 Å². The molecule has 0 aromatic heterocycles. The van der Waals surface area contributed by atoms with E-state index in [1.165, 1.54) is 0 Å². The van der Waals surface area contributed by atoms with Gasteiger partial charge in [-0.05, 0) is 12.8 Å². The SMILES string of the molecule is O=S(=O)([O-])C1CCCCCC1. The minimum Gasteiger partial charge on any atom is -0.748 e. The lowest BCUT2D eigenvalue weighted by molar-refractivity contribution is 0.439. The molecule has 0 aliphatic heterocycles. The molecule has 0 saturated heterocycles. The molecule has 66 valence electrons. The molecule has 1 aliphatic carbocycles. The third-order valence-electron chi connectivity index (χ3n) is 2.21. The largest absolute Gasteiger partial charge is 0.748 e. The van der Waals surface area contributed by atoms with Crippen LogP contribution in [-0.4, -0.2) is 18.2 Å². The maximum absolute atomic E-state index is 10.6. The van der Waals surface area contributed by atoms with E-state index < -0.39 is 15.4 Å². The number of hydrogen-bond acceptors (Lipinski definition) is 3. The zero-order chi connectivity index (χ0) is 8.32. The summed E-state index contributed by atoms with van der Waals surface area (Å²) in [4.78, 5) is 0. The summed E-state index contributed by atoms with van der Waals surface area (Å²) < 4.78 is 31.8. The van der Waals surface area contributed by atoms with Crippen molar-refractivity contribution in [1.29, 1.82) is 0 Å². The quantitative estimate of drug-likeness (QED) is 0.447. The van der Waals surface area contributed by atoms with E-state index in [1.54, 1.807) is 0 Å². The summed E-state index contributed by atoms with van der Waals surface area (Å²) in [7, 11) is -4.00. The summed E-state index contributed by atoms with van der Waals surface area (Å²) in [6.45, 7) is 0. The molecule has 1 aliphatic rings. The van der Waals surface area contributed by atoms with Crippen molar-refractivity contribution in [1.82, 2.24) is 0 Å². The van der Waals surface area contributed by atoms with E-state index >= 15 is 0 Å². The second-order valence-electron chi connectivity index (χ2n) is 3.11. The van der Waals surface area contributed by atoms with E-state index in [0.717, 1.165) is 25.7 Å². The molecular formula is C7H13O3S-. The summed E-state index contributed by atoms with van der Waals surface area (Å²) >= 11 is 0. The van der Waals surface area contributed by atoms with E-state index in [2.05, 4.69) is 0 Å². The predicted octanol–water partition coefficient (Wildman–Crippen LogP) is 1.25. The van der Waals surface area contributed by atoms with Crippen molar-refractivity contribution in [2.24, 2.45) is 0 Å². The highest BCUT2D eigenvalue weighted by Crippen LogP contribution is 2.21. The summed E-state index contributed by atoms with van der Waals surface area (Å²) in [5.74, 6) is 0. The molecule has 1 rings (SSSR count). The van der Waals surface area contributed by atoms with Crippen molar-refractivity contribution in [2.75, 3.05) is 0 Å². The molecule has 0 heterocycles. The fourth-order valence-electron chi connectivity index (χ4n) is 1.53. The van der Waals surface area contributed by atoms with Gasteiger partial charge in [-0.15, -0.1) is 0 Å². The lowest BCUT2D eigenvalue weighted by Gasteiger charge is -2.17. The Kier molecular flexibility index (Phi) is 2.90. The van der Waals surface area contributed by atoms with Crippen molar-refractivity contribution < 1.29 is 13.0 Å². The van der Waals surface area contributed by atoms with E-state index in [4.69, 9.17) is 0 Å². The Morgan fingerprint density at radius 2 is 1.45 bits per heavy atom. The van der Waals surface area contributed by atoms with Gasteiger partial charge < -0.3 is 4.55 Å². The van der Waals surface area contributed by atoms with Gasteiger partial charge in [0.15, 0.2) is 0 Å². The van der Waals surface area contributed by atoms with E-state index in [1.807, 2.05) is 0 Å². The summed E-state index contributed by atoms with van der Waals surface area (Å²) in [6, 6.07) is 0. The van der Waals surface area contributed by atoms with Crippen LogP contribution in [-0.2, 0) is 10.1 Å². The van der Waals surface area contributed by atoms with Crippen LogP contribution in [0.2, 0.25) is 0 Å². The van der Waals surface area contributed by atoms with Gasteiger partial charge in [-0.2, -0.15) is 0 Å². The Bertz CT molecular complexity index is 200. The first kappa shape index (κ1) is 9.00. The minimum atomic E-state index is -4.00. The van der Waals surface area contributed by atoms with Crippen molar-refractivity contribution in [3.8, 4) is 0 Å². The molecular weight excluding hydrogens is 164 g/mol. The molecule has 1 fully saturated rings. The number of hydrogen-bond donors (Lipinski definition) is 0. The van der Waals surface area contributed by atoms with Crippen LogP contribution in [0.5, 0.6) is 0 Å². The van der Waals surface area contributed by atoms with Gasteiger partial charge in [-0.25, -0.2) is 8.42 Å². The zero-order valence-electron chi connectivity index (χ0n) is 6.45. The molecule has 3 nitrogen and oxygen atoms in total. The van der Waals surface area contributed by atoms with E-state index in [-0.39, 0.29) is 0 Å². The summed E-state index contributed by atoms with van der Waals surface area (Å²) in [5, 5.41) is -0.593. The van der Waals surface area contributed by atoms with Gasteiger partial charge in [0.1, 0.15) is 0 Å². The molecule has 0 radical (unpaired) electrons. The Morgan fingerprint density at radius 3 is 1.82 bits per heavy atom. The second kappa shape index (κ2) is 3.54. The maximum atomic E-state index is 10.6. The highest BCUT2D eigenvalue weighted by atomic mass is 32.2. The van der Waals surface area contributed by atoms with Gasteiger partial charge in [0.25, 0.3) is 0 Å². The van der Waals surface area contributed by atoms with E-state index in [9.17, 15) is 13.0 Å². The molecule has 0 unspecified atom stereocenters. The monoisotopic (exact) mass is 177 g/mol. The second-order valence-corrected chi connectivity index (χ2v) is 4.76. The normalized spacial score (nSPS) is 23.0. The first-order valence-corrected chi connectivity index (χ1v) is 5.52. The predicted molar refractivity (Wildman–Crippen MR) is 41.2 cm³/mol. The molecule has 0 N–H and O–H groups in total. The third-order valence-corrected chi connectivity index (χ3v) is 3.50. The molecule has 4 heteroatoms. The smallest absolute Gasteiger partial charge is 0.0975 e. The van der Waals surface area contributed by atoms with Crippen LogP contribution in [0.4, 0.5) is 0 Å². The Morgan fingerprint density at radius 1 is 1.00 bits per heavy atom. The van der Waals surface area contributed by atoms with Crippen LogP contribution in [0.25, 0.3) is 0 Å². The van der Waals surface area contributed by atoms with Crippen LogP contribution < -0.4 is 0 Å². The van der Waals surface area contributed by atoms with Gasteiger partial charge in [0.2, 0.25) is 0 Å². The first-order valence-electron chi connectivity index (χ1n) is 4.05.